The summed E-state index contributed by atoms with van der Waals surface area (Å²) in [7, 11) is 2.96. The molecular formula is C18H19F3N2O4. The summed E-state index contributed by atoms with van der Waals surface area (Å²) in [6, 6.07) is 5.51. The van der Waals surface area contributed by atoms with Crippen LogP contribution < -0.4 is 14.8 Å². The number of nitro benzene ring substituents is 1. The van der Waals surface area contributed by atoms with E-state index in [9.17, 15) is 23.3 Å². The van der Waals surface area contributed by atoms with Crippen LogP contribution in [-0.2, 0) is 6.18 Å². The number of methoxy groups -OCH3 is 2. The second-order valence-electron chi connectivity index (χ2n) is 5.91. The minimum atomic E-state index is -4.74. The van der Waals surface area contributed by atoms with Gasteiger partial charge in [-0.25, -0.2) is 0 Å². The van der Waals surface area contributed by atoms with E-state index in [4.69, 9.17) is 9.47 Å². The van der Waals surface area contributed by atoms with Crippen molar-refractivity contribution < 1.29 is 27.6 Å². The quantitative estimate of drug-likeness (QED) is 0.553. The van der Waals surface area contributed by atoms with Crippen molar-refractivity contribution in [3.63, 3.8) is 0 Å². The molecule has 0 aliphatic rings. The molecule has 27 heavy (non-hydrogen) atoms. The number of anilines is 1. The molecule has 2 aromatic carbocycles. The largest absolute Gasteiger partial charge is 0.493 e. The van der Waals surface area contributed by atoms with Crippen molar-refractivity contribution in [2.75, 3.05) is 19.5 Å². The summed E-state index contributed by atoms with van der Waals surface area (Å²) in [5, 5.41) is 13.6. The van der Waals surface area contributed by atoms with Gasteiger partial charge in [0.2, 0.25) is 0 Å². The van der Waals surface area contributed by atoms with Crippen molar-refractivity contribution in [2.45, 2.75) is 26.1 Å². The summed E-state index contributed by atoms with van der Waals surface area (Å²) in [4.78, 5) is 9.94. The Labute approximate surface area is 154 Å². The van der Waals surface area contributed by atoms with Crippen molar-refractivity contribution in [1.82, 2.24) is 0 Å². The van der Waals surface area contributed by atoms with Gasteiger partial charge < -0.3 is 14.8 Å². The molecule has 0 aromatic heterocycles. The SMILES string of the molecule is COc1cc(C)c(C(C)Nc2ccc([N+](=O)[O-])cc2C(F)(F)F)cc1OC. The molecule has 9 heteroatoms. The lowest BCUT2D eigenvalue weighted by atomic mass is 10.0. The Balaban J connectivity index is 2.44. The zero-order valence-electron chi connectivity index (χ0n) is 15.2. The fraction of sp³-hybridized carbons (Fsp3) is 0.333. The van der Waals surface area contributed by atoms with Crippen LogP contribution in [0.5, 0.6) is 11.5 Å². The molecule has 0 aliphatic heterocycles. The number of aryl methyl sites for hydroxylation is 1. The summed E-state index contributed by atoms with van der Waals surface area (Å²) in [6.07, 6.45) is -4.74. The summed E-state index contributed by atoms with van der Waals surface area (Å²) in [5.41, 5.74) is -0.457. The summed E-state index contributed by atoms with van der Waals surface area (Å²) >= 11 is 0. The van der Waals surface area contributed by atoms with Crippen LogP contribution in [0.25, 0.3) is 0 Å². The third-order valence-electron chi connectivity index (χ3n) is 4.13. The Morgan fingerprint density at radius 2 is 1.70 bits per heavy atom. The van der Waals surface area contributed by atoms with E-state index < -0.39 is 28.4 Å². The standard InChI is InChI=1S/C18H19F3N2O4/c1-10-7-16(26-3)17(27-4)9-13(10)11(2)22-15-6-5-12(23(24)25)8-14(15)18(19,20)21/h5-9,11,22H,1-4H3. The topological polar surface area (TPSA) is 73.6 Å². The second-order valence-corrected chi connectivity index (χ2v) is 5.91. The van der Waals surface area contributed by atoms with Crippen LogP contribution in [0.4, 0.5) is 24.5 Å². The highest BCUT2D eigenvalue weighted by molar-refractivity contribution is 5.59. The molecule has 0 spiro atoms. The third kappa shape index (κ3) is 4.42. The lowest BCUT2D eigenvalue weighted by Gasteiger charge is -2.22. The highest BCUT2D eigenvalue weighted by atomic mass is 19.4. The van der Waals surface area contributed by atoms with Gasteiger partial charge in [0.25, 0.3) is 5.69 Å². The highest BCUT2D eigenvalue weighted by Crippen LogP contribution is 2.39. The lowest BCUT2D eigenvalue weighted by Crippen LogP contribution is -2.15. The number of nitro groups is 1. The van der Waals surface area contributed by atoms with Gasteiger partial charge in [0, 0.05) is 23.9 Å². The number of ether oxygens (including phenoxy) is 2. The van der Waals surface area contributed by atoms with Crippen LogP contribution >= 0.6 is 0 Å². The van der Waals surface area contributed by atoms with Gasteiger partial charge in [-0.3, -0.25) is 10.1 Å². The molecule has 0 saturated carbocycles. The van der Waals surface area contributed by atoms with Crippen LogP contribution in [0.3, 0.4) is 0 Å². The smallest absolute Gasteiger partial charge is 0.418 e. The van der Waals surface area contributed by atoms with Gasteiger partial charge in [-0.15, -0.1) is 0 Å². The molecule has 0 saturated heterocycles. The predicted molar refractivity (Wildman–Crippen MR) is 94.4 cm³/mol. The predicted octanol–water partition coefficient (Wildman–Crippen LogP) is 5.11. The normalized spacial score (nSPS) is 12.4. The van der Waals surface area contributed by atoms with E-state index in [0.717, 1.165) is 17.7 Å². The first-order chi connectivity index (χ1) is 12.6. The van der Waals surface area contributed by atoms with E-state index in [1.54, 1.807) is 26.0 Å². The summed E-state index contributed by atoms with van der Waals surface area (Å²) < 4.78 is 50.5. The van der Waals surface area contributed by atoms with Crippen LogP contribution in [0.2, 0.25) is 0 Å². The van der Waals surface area contributed by atoms with Crippen LogP contribution in [0, 0.1) is 17.0 Å². The monoisotopic (exact) mass is 384 g/mol. The first-order valence-corrected chi connectivity index (χ1v) is 7.93. The van der Waals surface area contributed by atoms with Crippen molar-refractivity contribution in [3.05, 3.63) is 57.1 Å². The fourth-order valence-electron chi connectivity index (χ4n) is 2.78. The number of halogens is 3. The summed E-state index contributed by atoms with van der Waals surface area (Å²) in [5.74, 6) is 0.962. The van der Waals surface area contributed by atoms with Crippen LogP contribution in [0.15, 0.2) is 30.3 Å². The van der Waals surface area contributed by atoms with Crippen LogP contribution in [-0.4, -0.2) is 19.1 Å². The van der Waals surface area contributed by atoms with Gasteiger partial charge in [-0.05, 0) is 43.2 Å². The number of nitrogens with one attached hydrogen (secondary N) is 1. The maximum absolute atomic E-state index is 13.3. The molecule has 146 valence electrons. The fourth-order valence-corrected chi connectivity index (χ4v) is 2.78. The number of benzene rings is 2. The van der Waals surface area contributed by atoms with Crippen molar-refractivity contribution in [1.29, 1.82) is 0 Å². The minimum absolute atomic E-state index is 0.241. The number of rotatable bonds is 6. The third-order valence-corrected chi connectivity index (χ3v) is 4.13. The average Bonchev–Trinajstić information content (AvgIpc) is 2.60. The number of alkyl halides is 3. The zero-order chi connectivity index (χ0) is 20.4. The molecular weight excluding hydrogens is 365 g/mol. The Bertz CT molecular complexity index is 853. The van der Waals surface area contributed by atoms with Crippen molar-refractivity contribution >= 4 is 11.4 Å². The van der Waals surface area contributed by atoms with E-state index in [-0.39, 0.29) is 5.69 Å². The molecule has 0 amide bonds. The molecule has 0 fully saturated rings. The van der Waals surface area contributed by atoms with Gasteiger partial charge in [0.1, 0.15) is 0 Å². The molecule has 2 aromatic rings. The van der Waals surface area contributed by atoms with E-state index in [2.05, 4.69) is 5.32 Å². The maximum atomic E-state index is 13.3. The van der Waals surface area contributed by atoms with Gasteiger partial charge in [-0.1, -0.05) is 0 Å². The van der Waals surface area contributed by atoms with Gasteiger partial charge >= 0.3 is 6.18 Å². The Kier molecular flexibility index (Phi) is 5.82. The zero-order valence-corrected chi connectivity index (χ0v) is 15.2. The van der Waals surface area contributed by atoms with Gasteiger partial charge in [-0.2, -0.15) is 13.2 Å². The lowest BCUT2D eigenvalue weighted by molar-refractivity contribution is -0.385. The first kappa shape index (κ1) is 20.3. The molecule has 2 rings (SSSR count). The van der Waals surface area contributed by atoms with E-state index in [1.807, 2.05) is 0 Å². The molecule has 0 radical (unpaired) electrons. The van der Waals surface area contributed by atoms with Crippen molar-refractivity contribution in [3.8, 4) is 11.5 Å². The van der Waals surface area contributed by atoms with E-state index in [1.165, 1.54) is 14.2 Å². The first-order valence-electron chi connectivity index (χ1n) is 7.93. The molecule has 6 nitrogen and oxygen atoms in total. The number of nitrogens with zero attached hydrogens (tertiary/aromatic N) is 1. The van der Waals surface area contributed by atoms with E-state index in [0.29, 0.717) is 23.1 Å². The molecule has 0 heterocycles. The van der Waals surface area contributed by atoms with Gasteiger partial charge in [0.15, 0.2) is 11.5 Å². The number of non-ortho nitro benzene ring substituents is 1. The maximum Gasteiger partial charge on any atom is 0.418 e. The minimum Gasteiger partial charge on any atom is -0.493 e. The Morgan fingerprint density at radius 3 is 2.22 bits per heavy atom. The molecule has 1 N–H and O–H groups in total. The molecule has 1 unspecified atom stereocenters. The molecule has 0 aliphatic carbocycles. The highest BCUT2D eigenvalue weighted by Gasteiger charge is 2.35. The van der Waals surface area contributed by atoms with Crippen LogP contribution in [0.1, 0.15) is 29.7 Å². The molecule has 0 bridgehead atoms. The molecule has 1 atom stereocenters. The number of hydrogen-bond acceptors (Lipinski definition) is 5. The van der Waals surface area contributed by atoms with E-state index >= 15 is 0 Å². The summed E-state index contributed by atoms with van der Waals surface area (Å²) in [6.45, 7) is 3.49. The number of hydrogen-bond donors (Lipinski definition) is 1. The average molecular weight is 384 g/mol. The Hall–Kier alpha value is -2.97. The van der Waals surface area contributed by atoms with Gasteiger partial charge in [0.05, 0.1) is 24.7 Å². The van der Waals surface area contributed by atoms with Crippen molar-refractivity contribution in [2.24, 2.45) is 0 Å². The second kappa shape index (κ2) is 7.73. The Morgan fingerprint density at radius 1 is 1.11 bits per heavy atom.